The van der Waals surface area contributed by atoms with Crippen LogP contribution in [0.15, 0.2) is 53.3 Å². The van der Waals surface area contributed by atoms with Crippen LogP contribution in [0.4, 0.5) is 0 Å². The molecule has 3 aromatic rings. The molecule has 1 heterocycles. The lowest BCUT2D eigenvalue weighted by molar-refractivity contribution is 0.774. The number of fused-ring (bicyclic) bond motifs is 1. The molecule has 0 bridgehead atoms. The molecule has 108 valence electrons. The van der Waals surface area contributed by atoms with E-state index >= 15 is 0 Å². The molecule has 4 nitrogen and oxygen atoms in total. The third-order valence-corrected chi connectivity index (χ3v) is 3.58. The number of nitrogens with zero attached hydrogens (tertiary/aromatic N) is 3. The summed E-state index contributed by atoms with van der Waals surface area (Å²) in [6.45, 7) is 2.05. The first-order valence-electron chi connectivity index (χ1n) is 7.26. The average Bonchev–Trinajstić information content (AvgIpc) is 2.55. The minimum Gasteiger partial charge on any atom is -0.268 e. The van der Waals surface area contributed by atoms with Gasteiger partial charge in [-0.05, 0) is 30.7 Å². The molecule has 0 radical (unpaired) electrons. The maximum atomic E-state index is 13.0. The van der Waals surface area contributed by atoms with E-state index in [9.17, 15) is 10.1 Å². The van der Waals surface area contributed by atoms with Crippen LogP contribution in [0.2, 0.25) is 0 Å². The summed E-state index contributed by atoms with van der Waals surface area (Å²) in [5, 5.41) is 9.65. The van der Waals surface area contributed by atoms with Gasteiger partial charge in [-0.1, -0.05) is 31.2 Å². The van der Waals surface area contributed by atoms with Crippen LogP contribution in [-0.4, -0.2) is 9.55 Å². The average molecular weight is 289 g/mol. The molecule has 0 N–H and O–H groups in total. The van der Waals surface area contributed by atoms with E-state index in [-0.39, 0.29) is 5.56 Å². The highest BCUT2D eigenvalue weighted by molar-refractivity contribution is 5.84. The number of rotatable bonds is 3. The Hall–Kier alpha value is -2.93. The van der Waals surface area contributed by atoms with Gasteiger partial charge in [0.2, 0.25) is 0 Å². The molecule has 0 saturated heterocycles. The first-order chi connectivity index (χ1) is 10.8. The quantitative estimate of drug-likeness (QED) is 0.744. The van der Waals surface area contributed by atoms with Crippen molar-refractivity contribution in [2.24, 2.45) is 0 Å². The SMILES string of the molecule is CCCc1nc2cccc(C#N)c2c(=O)n1-c1ccccc1. The Morgan fingerprint density at radius 1 is 1.14 bits per heavy atom. The van der Waals surface area contributed by atoms with Gasteiger partial charge in [-0.2, -0.15) is 5.26 Å². The summed E-state index contributed by atoms with van der Waals surface area (Å²) < 4.78 is 1.62. The third-order valence-electron chi connectivity index (χ3n) is 3.58. The van der Waals surface area contributed by atoms with Crippen molar-refractivity contribution in [1.82, 2.24) is 9.55 Å². The lowest BCUT2D eigenvalue weighted by Gasteiger charge is -2.13. The lowest BCUT2D eigenvalue weighted by atomic mass is 10.1. The van der Waals surface area contributed by atoms with Crippen LogP contribution < -0.4 is 5.56 Å². The molecule has 0 aliphatic heterocycles. The molecule has 0 spiro atoms. The highest BCUT2D eigenvalue weighted by atomic mass is 16.1. The van der Waals surface area contributed by atoms with Crippen molar-refractivity contribution in [2.45, 2.75) is 19.8 Å². The molecule has 0 aliphatic rings. The Morgan fingerprint density at radius 2 is 1.91 bits per heavy atom. The van der Waals surface area contributed by atoms with Crippen molar-refractivity contribution in [2.75, 3.05) is 0 Å². The molecule has 22 heavy (non-hydrogen) atoms. The van der Waals surface area contributed by atoms with E-state index in [1.807, 2.05) is 30.3 Å². The third kappa shape index (κ3) is 2.27. The maximum absolute atomic E-state index is 13.0. The van der Waals surface area contributed by atoms with E-state index in [4.69, 9.17) is 0 Å². The van der Waals surface area contributed by atoms with Crippen molar-refractivity contribution in [3.8, 4) is 11.8 Å². The molecule has 4 heteroatoms. The van der Waals surface area contributed by atoms with Gasteiger partial charge < -0.3 is 0 Å². The van der Waals surface area contributed by atoms with Crippen LogP contribution in [0.1, 0.15) is 24.7 Å². The molecule has 0 fully saturated rings. The number of hydrogen-bond donors (Lipinski definition) is 0. The molecule has 1 aromatic heterocycles. The van der Waals surface area contributed by atoms with E-state index in [1.54, 1.807) is 22.8 Å². The number of aromatic nitrogens is 2. The van der Waals surface area contributed by atoms with E-state index in [0.717, 1.165) is 17.9 Å². The number of nitriles is 1. The Bertz CT molecular complexity index is 921. The fourth-order valence-corrected chi connectivity index (χ4v) is 2.60. The van der Waals surface area contributed by atoms with Crippen LogP contribution in [0.3, 0.4) is 0 Å². The van der Waals surface area contributed by atoms with Crippen molar-refractivity contribution in [3.05, 3.63) is 70.3 Å². The Morgan fingerprint density at radius 3 is 2.59 bits per heavy atom. The van der Waals surface area contributed by atoms with Gasteiger partial charge in [0.15, 0.2) is 0 Å². The van der Waals surface area contributed by atoms with E-state index in [2.05, 4.69) is 18.0 Å². The normalized spacial score (nSPS) is 10.5. The van der Waals surface area contributed by atoms with Gasteiger partial charge in [-0.3, -0.25) is 9.36 Å². The first-order valence-corrected chi connectivity index (χ1v) is 7.26. The predicted molar refractivity (Wildman–Crippen MR) is 86.1 cm³/mol. The van der Waals surface area contributed by atoms with Gasteiger partial charge >= 0.3 is 0 Å². The fourth-order valence-electron chi connectivity index (χ4n) is 2.60. The minimum absolute atomic E-state index is 0.184. The van der Waals surface area contributed by atoms with Gasteiger partial charge in [-0.15, -0.1) is 0 Å². The van der Waals surface area contributed by atoms with E-state index in [1.165, 1.54) is 0 Å². The van der Waals surface area contributed by atoms with Gasteiger partial charge in [0.25, 0.3) is 5.56 Å². The topological polar surface area (TPSA) is 58.7 Å². The molecule has 0 aliphatic carbocycles. The second kappa shape index (κ2) is 5.82. The highest BCUT2D eigenvalue weighted by Crippen LogP contribution is 2.16. The number of aryl methyl sites for hydroxylation is 1. The largest absolute Gasteiger partial charge is 0.268 e. The van der Waals surface area contributed by atoms with Gasteiger partial charge in [0.1, 0.15) is 11.9 Å². The summed E-state index contributed by atoms with van der Waals surface area (Å²) in [6.07, 6.45) is 1.60. The summed E-state index contributed by atoms with van der Waals surface area (Å²) in [5.41, 5.74) is 1.54. The Balaban J connectivity index is 2.44. The lowest BCUT2D eigenvalue weighted by Crippen LogP contribution is -2.24. The van der Waals surface area contributed by atoms with Crippen molar-refractivity contribution in [1.29, 1.82) is 5.26 Å². The number of benzene rings is 2. The Kier molecular flexibility index (Phi) is 3.71. The second-order valence-corrected chi connectivity index (χ2v) is 5.07. The van der Waals surface area contributed by atoms with Gasteiger partial charge in [-0.25, -0.2) is 4.98 Å². The molecule has 3 rings (SSSR count). The van der Waals surface area contributed by atoms with Crippen LogP contribution in [0, 0.1) is 11.3 Å². The van der Waals surface area contributed by atoms with Crippen LogP contribution in [0.25, 0.3) is 16.6 Å². The monoisotopic (exact) mass is 289 g/mol. The zero-order chi connectivity index (χ0) is 15.5. The minimum atomic E-state index is -0.184. The summed E-state index contributed by atoms with van der Waals surface area (Å²) in [4.78, 5) is 17.6. The molecule has 0 amide bonds. The summed E-state index contributed by atoms with van der Waals surface area (Å²) in [5.74, 6) is 0.723. The van der Waals surface area contributed by atoms with Crippen LogP contribution in [0.5, 0.6) is 0 Å². The Labute approximate surface area is 128 Å². The zero-order valence-electron chi connectivity index (χ0n) is 12.3. The maximum Gasteiger partial charge on any atom is 0.267 e. The van der Waals surface area contributed by atoms with Crippen molar-refractivity contribution in [3.63, 3.8) is 0 Å². The van der Waals surface area contributed by atoms with Crippen molar-refractivity contribution < 1.29 is 0 Å². The summed E-state index contributed by atoms with van der Waals surface area (Å²) in [7, 11) is 0. The molecule has 0 unspecified atom stereocenters. The first kappa shape index (κ1) is 14.0. The van der Waals surface area contributed by atoms with Gasteiger partial charge in [0.05, 0.1) is 22.2 Å². The molecular formula is C18H15N3O. The van der Waals surface area contributed by atoms with E-state index < -0.39 is 0 Å². The summed E-state index contributed by atoms with van der Waals surface area (Å²) in [6, 6.07) is 16.7. The second-order valence-electron chi connectivity index (χ2n) is 5.07. The van der Waals surface area contributed by atoms with Crippen molar-refractivity contribution >= 4 is 10.9 Å². The highest BCUT2D eigenvalue weighted by Gasteiger charge is 2.14. The number of para-hydroxylation sites is 1. The number of hydrogen-bond acceptors (Lipinski definition) is 3. The predicted octanol–water partition coefficient (Wildman–Crippen LogP) is 3.21. The van der Waals surface area contributed by atoms with Crippen LogP contribution >= 0.6 is 0 Å². The standard InChI is InChI=1S/C18H15N3O/c1-2-7-16-20-15-11-6-8-13(12-19)17(15)18(22)21(16)14-9-4-3-5-10-14/h3-6,8-11H,2,7H2,1H3. The molecule has 0 atom stereocenters. The van der Waals surface area contributed by atoms with E-state index in [0.29, 0.717) is 22.9 Å². The fraction of sp³-hybridized carbons (Fsp3) is 0.167. The van der Waals surface area contributed by atoms with Gasteiger partial charge in [0, 0.05) is 6.42 Å². The smallest absolute Gasteiger partial charge is 0.267 e. The summed E-state index contributed by atoms with van der Waals surface area (Å²) >= 11 is 0. The van der Waals surface area contributed by atoms with Crippen LogP contribution in [-0.2, 0) is 6.42 Å². The zero-order valence-corrected chi connectivity index (χ0v) is 12.3. The molecule has 0 saturated carbocycles. The molecular weight excluding hydrogens is 274 g/mol. The molecule has 2 aromatic carbocycles.